The quantitative estimate of drug-likeness (QED) is 0.431. The molecule has 0 unspecified atom stereocenters. The van der Waals surface area contributed by atoms with E-state index < -0.39 is 36.0 Å². The molecule has 6 heteroatoms. The monoisotopic (exact) mass is 216 g/mol. The molecule has 0 aromatic rings. The van der Waals surface area contributed by atoms with Gasteiger partial charge in [0.2, 0.25) is 0 Å². The molecule has 2 aliphatic rings. The van der Waals surface area contributed by atoms with Gasteiger partial charge in [-0.05, 0) is 6.42 Å². The molecule has 1 fully saturated rings. The van der Waals surface area contributed by atoms with Gasteiger partial charge in [0.25, 0.3) is 11.6 Å². The van der Waals surface area contributed by atoms with Crippen LogP contribution in [0.3, 0.4) is 0 Å². The Kier molecular flexibility index (Phi) is 1.60. The lowest BCUT2D eigenvalue weighted by molar-refractivity contribution is -0.305. The standard InChI is InChI=1S/C8H6F6/c9-6(8(12,13)14)4-1-2-5(3-4)7(6,10)11/h1-2,4-5H,3H2/t4-,5-,6-/m0/s1. The van der Waals surface area contributed by atoms with Crippen LogP contribution in [0.5, 0.6) is 0 Å². The van der Waals surface area contributed by atoms with Crippen LogP contribution in [0.15, 0.2) is 12.2 Å². The first-order valence-corrected chi connectivity index (χ1v) is 4.03. The first-order chi connectivity index (χ1) is 6.21. The van der Waals surface area contributed by atoms with Gasteiger partial charge < -0.3 is 0 Å². The number of fused-ring (bicyclic) bond motifs is 2. The zero-order valence-electron chi connectivity index (χ0n) is 6.78. The summed E-state index contributed by atoms with van der Waals surface area (Å²) >= 11 is 0. The van der Waals surface area contributed by atoms with E-state index in [1.54, 1.807) is 0 Å². The van der Waals surface area contributed by atoms with E-state index in [2.05, 4.69) is 0 Å². The van der Waals surface area contributed by atoms with Crippen LogP contribution in [0.25, 0.3) is 0 Å². The highest BCUT2D eigenvalue weighted by Gasteiger charge is 2.80. The van der Waals surface area contributed by atoms with E-state index in [-0.39, 0.29) is 0 Å². The Morgan fingerprint density at radius 3 is 1.79 bits per heavy atom. The smallest absolute Gasteiger partial charge is 0.226 e. The number of halogens is 6. The van der Waals surface area contributed by atoms with Gasteiger partial charge in [-0.1, -0.05) is 12.2 Å². The van der Waals surface area contributed by atoms with Crippen molar-refractivity contribution in [2.75, 3.05) is 0 Å². The maximum atomic E-state index is 13.4. The molecule has 0 heterocycles. The molecule has 80 valence electrons. The van der Waals surface area contributed by atoms with E-state index in [1.807, 2.05) is 0 Å². The zero-order valence-corrected chi connectivity index (χ0v) is 6.78. The molecule has 0 aromatic heterocycles. The lowest BCUT2D eigenvalue weighted by Gasteiger charge is -2.35. The predicted octanol–water partition coefficient (Wildman–Crippen LogP) is 3.10. The Labute approximate surface area is 75.6 Å². The van der Waals surface area contributed by atoms with Crippen LogP contribution in [0.1, 0.15) is 6.42 Å². The van der Waals surface area contributed by atoms with E-state index in [1.165, 1.54) is 0 Å². The third-order valence-corrected chi connectivity index (χ3v) is 2.96. The first kappa shape index (κ1) is 9.86. The lowest BCUT2D eigenvalue weighted by Crippen LogP contribution is -2.57. The summed E-state index contributed by atoms with van der Waals surface area (Å²) in [5, 5.41) is 0. The largest absolute Gasteiger partial charge is 0.429 e. The Bertz CT molecular complexity index is 291. The van der Waals surface area contributed by atoms with Crippen molar-refractivity contribution in [3.05, 3.63) is 12.2 Å². The molecule has 2 bridgehead atoms. The number of hydrogen-bond acceptors (Lipinski definition) is 0. The van der Waals surface area contributed by atoms with Crippen molar-refractivity contribution in [1.82, 2.24) is 0 Å². The van der Waals surface area contributed by atoms with Gasteiger partial charge in [0.1, 0.15) is 0 Å². The second-order valence-corrected chi connectivity index (χ2v) is 3.67. The predicted molar refractivity (Wildman–Crippen MR) is 35.6 cm³/mol. The van der Waals surface area contributed by atoms with Crippen molar-refractivity contribution in [2.24, 2.45) is 11.8 Å². The Morgan fingerprint density at radius 1 is 1.00 bits per heavy atom. The second kappa shape index (κ2) is 2.28. The molecule has 0 aliphatic heterocycles. The molecule has 1 saturated carbocycles. The molecule has 2 aliphatic carbocycles. The molecule has 0 saturated heterocycles. The van der Waals surface area contributed by atoms with Crippen LogP contribution >= 0.6 is 0 Å². The zero-order chi connectivity index (χ0) is 10.8. The minimum Gasteiger partial charge on any atom is -0.226 e. The fourth-order valence-corrected chi connectivity index (χ4v) is 2.18. The van der Waals surface area contributed by atoms with Gasteiger partial charge in [-0.3, -0.25) is 0 Å². The van der Waals surface area contributed by atoms with Crippen LogP contribution in [0.2, 0.25) is 0 Å². The Hall–Kier alpha value is -0.680. The van der Waals surface area contributed by atoms with E-state index in [0.717, 1.165) is 12.2 Å². The van der Waals surface area contributed by atoms with Crippen LogP contribution in [-0.4, -0.2) is 17.8 Å². The molecule has 14 heavy (non-hydrogen) atoms. The van der Waals surface area contributed by atoms with Gasteiger partial charge in [0.05, 0.1) is 0 Å². The highest BCUT2D eigenvalue weighted by atomic mass is 19.4. The van der Waals surface area contributed by atoms with Crippen molar-refractivity contribution in [1.29, 1.82) is 0 Å². The summed E-state index contributed by atoms with van der Waals surface area (Å²) in [6.07, 6.45) is -4.10. The Morgan fingerprint density at radius 2 is 1.50 bits per heavy atom. The molecule has 3 atom stereocenters. The van der Waals surface area contributed by atoms with Gasteiger partial charge in [0.15, 0.2) is 0 Å². The lowest BCUT2D eigenvalue weighted by atomic mass is 9.86. The van der Waals surface area contributed by atoms with Gasteiger partial charge >= 0.3 is 6.18 Å². The molecular formula is C8H6F6. The highest BCUT2D eigenvalue weighted by Crippen LogP contribution is 2.63. The molecule has 2 rings (SSSR count). The fraction of sp³-hybridized carbons (Fsp3) is 0.750. The average molecular weight is 216 g/mol. The van der Waals surface area contributed by atoms with Crippen molar-refractivity contribution >= 4 is 0 Å². The summed E-state index contributed by atoms with van der Waals surface area (Å²) < 4.78 is 76.1. The normalized spacial score (nSPS) is 44.7. The van der Waals surface area contributed by atoms with E-state index >= 15 is 0 Å². The molecule has 0 amide bonds. The van der Waals surface area contributed by atoms with Crippen LogP contribution in [0, 0.1) is 11.8 Å². The molecule has 0 nitrogen and oxygen atoms in total. The summed E-state index contributed by atoms with van der Waals surface area (Å²) in [4.78, 5) is 0. The van der Waals surface area contributed by atoms with Crippen molar-refractivity contribution in [3.63, 3.8) is 0 Å². The molecule has 0 spiro atoms. The minimum absolute atomic E-state index is 0.455. The number of hydrogen-bond donors (Lipinski definition) is 0. The summed E-state index contributed by atoms with van der Waals surface area (Å²) in [5.74, 6) is -7.67. The van der Waals surface area contributed by atoms with Gasteiger partial charge in [0, 0.05) is 11.8 Å². The van der Waals surface area contributed by atoms with Crippen LogP contribution < -0.4 is 0 Å². The number of rotatable bonds is 0. The summed E-state index contributed by atoms with van der Waals surface area (Å²) in [6.45, 7) is 0. The van der Waals surface area contributed by atoms with Crippen molar-refractivity contribution in [2.45, 2.75) is 24.2 Å². The third-order valence-electron chi connectivity index (χ3n) is 2.96. The van der Waals surface area contributed by atoms with Crippen molar-refractivity contribution < 1.29 is 26.3 Å². The average Bonchev–Trinajstić information content (AvgIpc) is 2.52. The second-order valence-electron chi connectivity index (χ2n) is 3.67. The van der Waals surface area contributed by atoms with Crippen molar-refractivity contribution in [3.8, 4) is 0 Å². The SMILES string of the molecule is FC(F)(F)[C@]1(F)[C@H]2C=C[C@@H](C2)C1(F)F. The maximum Gasteiger partial charge on any atom is 0.429 e. The number of allylic oxidation sites excluding steroid dienone is 2. The van der Waals surface area contributed by atoms with Gasteiger partial charge in [-0.2, -0.15) is 13.2 Å². The van der Waals surface area contributed by atoms with E-state index in [4.69, 9.17) is 0 Å². The minimum atomic E-state index is -5.51. The fourth-order valence-electron chi connectivity index (χ4n) is 2.18. The van der Waals surface area contributed by atoms with E-state index in [9.17, 15) is 26.3 Å². The maximum absolute atomic E-state index is 13.4. The molecular weight excluding hydrogens is 210 g/mol. The van der Waals surface area contributed by atoms with Gasteiger partial charge in [-0.25, -0.2) is 13.2 Å². The summed E-state index contributed by atoms with van der Waals surface area (Å²) in [5.41, 5.74) is -4.38. The third kappa shape index (κ3) is 0.821. The molecule has 0 N–H and O–H groups in total. The molecule has 0 radical (unpaired) electrons. The Balaban J connectivity index is 2.50. The van der Waals surface area contributed by atoms with Gasteiger partial charge in [-0.15, -0.1) is 0 Å². The molecule has 0 aromatic carbocycles. The topological polar surface area (TPSA) is 0 Å². The van der Waals surface area contributed by atoms with E-state index in [0.29, 0.717) is 0 Å². The van der Waals surface area contributed by atoms with Crippen LogP contribution in [-0.2, 0) is 0 Å². The summed E-state index contributed by atoms with van der Waals surface area (Å²) in [6, 6.07) is 0. The first-order valence-electron chi connectivity index (χ1n) is 4.03. The highest BCUT2D eigenvalue weighted by molar-refractivity contribution is 5.27. The summed E-state index contributed by atoms with van der Waals surface area (Å²) in [7, 11) is 0. The number of alkyl halides is 6. The van der Waals surface area contributed by atoms with Crippen LogP contribution in [0.4, 0.5) is 26.3 Å².